The van der Waals surface area contributed by atoms with Crippen molar-refractivity contribution in [2.24, 2.45) is 0 Å². The number of halogens is 1. The Hall–Kier alpha value is -1.81. The van der Waals surface area contributed by atoms with Crippen molar-refractivity contribution in [3.8, 4) is 17.1 Å². The summed E-state index contributed by atoms with van der Waals surface area (Å²) in [6.07, 6.45) is 3.72. The molecule has 4 nitrogen and oxygen atoms in total. The molecule has 0 amide bonds. The summed E-state index contributed by atoms with van der Waals surface area (Å²) in [4.78, 5) is 8.32. The molecule has 0 bridgehead atoms. The van der Waals surface area contributed by atoms with Gasteiger partial charge < -0.3 is 10.5 Å². The molecule has 2 N–H and O–H groups in total. The maximum Gasteiger partial charge on any atom is 0.318 e. The van der Waals surface area contributed by atoms with Crippen molar-refractivity contribution in [1.29, 1.82) is 0 Å². The molecule has 2 aromatic rings. The molecule has 1 heterocycles. The Kier molecular flexibility index (Phi) is 4.58. The quantitative estimate of drug-likeness (QED) is 0.849. The van der Waals surface area contributed by atoms with Gasteiger partial charge in [0.1, 0.15) is 5.82 Å². The normalized spacial score (nSPS) is 10.4. The van der Waals surface area contributed by atoms with Crippen molar-refractivity contribution in [2.45, 2.75) is 19.8 Å². The molecule has 1 aromatic carbocycles. The Morgan fingerprint density at radius 1 is 1.26 bits per heavy atom. The van der Waals surface area contributed by atoms with Gasteiger partial charge in [-0.25, -0.2) is 4.98 Å². The first-order valence-corrected chi connectivity index (χ1v) is 6.59. The van der Waals surface area contributed by atoms with Gasteiger partial charge in [0.15, 0.2) is 0 Å². The van der Waals surface area contributed by atoms with Crippen LogP contribution >= 0.6 is 11.6 Å². The number of nitrogen functional groups attached to an aromatic ring is 1. The summed E-state index contributed by atoms with van der Waals surface area (Å²) < 4.78 is 5.41. The zero-order chi connectivity index (χ0) is 13.7. The van der Waals surface area contributed by atoms with E-state index in [2.05, 4.69) is 16.9 Å². The number of hydrogen-bond donors (Lipinski definition) is 1. The molecule has 5 heteroatoms. The fraction of sp³-hybridized carbons (Fsp3) is 0.286. The van der Waals surface area contributed by atoms with Crippen molar-refractivity contribution >= 4 is 17.4 Å². The predicted octanol–water partition coefficient (Wildman–Crippen LogP) is 3.56. The van der Waals surface area contributed by atoms with Gasteiger partial charge in [0.2, 0.25) is 0 Å². The lowest BCUT2D eigenvalue weighted by atomic mass is 10.1. The Morgan fingerprint density at radius 2 is 2.00 bits per heavy atom. The van der Waals surface area contributed by atoms with E-state index in [0.29, 0.717) is 23.5 Å². The number of rotatable bonds is 5. The average molecular weight is 278 g/mol. The first-order chi connectivity index (χ1) is 9.20. The standard InChI is InChI=1S/C14H16ClN3O/c1-2-3-8-19-14-17-9-12(13(16)18-14)10-4-6-11(15)7-5-10/h4-7,9H,2-3,8H2,1H3,(H2,16,17,18). The van der Waals surface area contributed by atoms with Gasteiger partial charge in [-0.1, -0.05) is 37.1 Å². The van der Waals surface area contributed by atoms with Crippen molar-refractivity contribution in [2.75, 3.05) is 12.3 Å². The van der Waals surface area contributed by atoms with E-state index in [1.54, 1.807) is 6.20 Å². The fourth-order valence-corrected chi connectivity index (χ4v) is 1.73. The molecule has 0 unspecified atom stereocenters. The summed E-state index contributed by atoms with van der Waals surface area (Å²) in [7, 11) is 0. The third-order valence-electron chi connectivity index (χ3n) is 2.68. The number of aromatic nitrogens is 2. The number of nitrogens with two attached hydrogens (primary N) is 1. The molecule has 0 radical (unpaired) electrons. The molecule has 0 aliphatic heterocycles. The molecule has 0 atom stereocenters. The van der Waals surface area contributed by atoms with Gasteiger partial charge in [-0.05, 0) is 24.1 Å². The highest BCUT2D eigenvalue weighted by Crippen LogP contribution is 2.26. The van der Waals surface area contributed by atoms with Gasteiger partial charge in [-0.2, -0.15) is 4.98 Å². The van der Waals surface area contributed by atoms with Crippen LogP contribution in [0.5, 0.6) is 6.01 Å². The fourth-order valence-electron chi connectivity index (χ4n) is 1.61. The first kappa shape index (κ1) is 13.6. The van der Waals surface area contributed by atoms with E-state index in [0.717, 1.165) is 24.0 Å². The zero-order valence-corrected chi connectivity index (χ0v) is 11.5. The third-order valence-corrected chi connectivity index (χ3v) is 2.93. The molecule has 2 rings (SSSR count). The second-order valence-electron chi connectivity index (χ2n) is 4.16. The van der Waals surface area contributed by atoms with Crippen molar-refractivity contribution in [3.05, 3.63) is 35.5 Å². The van der Waals surface area contributed by atoms with Crippen LogP contribution in [0.3, 0.4) is 0 Å². The summed E-state index contributed by atoms with van der Waals surface area (Å²) in [5.74, 6) is 0.406. The lowest BCUT2D eigenvalue weighted by Crippen LogP contribution is -2.03. The summed E-state index contributed by atoms with van der Waals surface area (Å²) >= 11 is 5.85. The molecule has 0 aliphatic rings. The van der Waals surface area contributed by atoms with Crippen LogP contribution in [-0.2, 0) is 0 Å². The van der Waals surface area contributed by atoms with Gasteiger partial charge in [0.25, 0.3) is 0 Å². The highest BCUT2D eigenvalue weighted by Gasteiger charge is 2.07. The molecule has 0 spiro atoms. The molecule has 0 aliphatic carbocycles. The van der Waals surface area contributed by atoms with Crippen LogP contribution in [0.25, 0.3) is 11.1 Å². The smallest absolute Gasteiger partial charge is 0.318 e. The van der Waals surface area contributed by atoms with Crippen molar-refractivity contribution in [3.63, 3.8) is 0 Å². The minimum atomic E-state index is 0.323. The second-order valence-corrected chi connectivity index (χ2v) is 4.60. The predicted molar refractivity (Wildman–Crippen MR) is 77.3 cm³/mol. The van der Waals surface area contributed by atoms with Crippen molar-refractivity contribution in [1.82, 2.24) is 9.97 Å². The number of benzene rings is 1. The van der Waals surface area contributed by atoms with Crippen LogP contribution in [0.1, 0.15) is 19.8 Å². The van der Waals surface area contributed by atoms with Gasteiger partial charge in [-0.15, -0.1) is 0 Å². The van der Waals surface area contributed by atoms with E-state index < -0.39 is 0 Å². The first-order valence-electron chi connectivity index (χ1n) is 6.22. The van der Waals surface area contributed by atoms with Crippen LogP contribution in [0, 0.1) is 0 Å². The average Bonchev–Trinajstić information content (AvgIpc) is 2.41. The molecule has 1 aromatic heterocycles. The summed E-state index contributed by atoms with van der Waals surface area (Å²) in [5, 5.41) is 0.683. The van der Waals surface area contributed by atoms with Crippen LogP contribution < -0.4 is 10.5 Å². The largest absolute Gasteiger partial charge is 0.463 e. The van der Waals surface area contributed by atoms with Crippen LogP contribution in [0.2, 0.25) is 5.02 Å². The number of anilines is 1. The number of hydrogen-bond acceptors (Lipinski definition) is 4. The molecular formula is C14H16ClN3O. The second kappa shape index (κ2) is 6.38. The number of ether oxygens (including phenoxy) is 1. The van der Waals surface area contributed by atoms with E-state index in [1.165, 1.54) is 0 Å². The Bertz CT molecular complexity index is 543. The minimum Gasteiger partial charge on any atom is -0.463 e. The van der Waals surface area contributed by atoms with E-state index >= 15 is 0 Å². The topological polar surface area (TPSA) is 61.0 Å². The van der Waals surface area contributed by atoms with Crippen LogP contribution in [-0.4, -0.2) is 16.6 Å². The van der Waals surface area contributed by atoms with Gasteiger partial charge in [0, 0.05) is 16.8 Å². The highest BCUT2D eigenvalue weighted by atomic mass is 35.5. The van der Waals surface area contributed by atoms with Crippen LogP contribution in [0.15, 0.2) is 30.5 Å². The maximum absolute atomic E-state index is 5.93. The van der Waals surface area contributed by atoms with E-state index in [4.69, 9.17) is 22.1 Å². The SMILES string of the molecule is CCCCOc1ncc(-c2ccc(Cl)cc2)c(N)n1. The molecule has 0 fully saturated rings. The minimum absolute atomic E-state index is 0.323. The lowest BCUT2D eigenvalue weighted by molar-refractivity contribution is 0.286. The van der Waals surface area contributed by atoms with Crippen LogP contribution in [0.4, 0.5) is 5.82 Å². The van der Waals surface area contributed by atoms with Crippen molar-refractivity contribution < 1.29 is 4.74 Å². The summed E-state index contributed by atoms with van der Waals surface area (Å²) in [6.45, 7) is 2.71. The molecule has 19 heavy (non-hydrogen) atoms. The summed E-state index contributed by atoms with van der Waals surface area (Å²) in [5.41, 5.74) is 7.64. The van der Waals surface area contributed by atoms with E-state index in [1.807, 2.05) is 24.3 Å². The van der Waals surface area contributed by atoms with Gasteiger partial charge in [-0.3, -0.25) is 0 Å². The Balaban J connectivity index is 2.17. The van der Waals surface area contributed by atoms with Gasteiger partial charge >= 0.3 is 6.01 Å². The molecule has 100 valence electrons. The summed E-state index contributed by atoms with van der Waals surface area (Å²) in [6, 6.07) is 7.71. The zero-order valence-electron chi connectivity index (χ0n) is 10.8. The van der Waals surface area contributed by atoms with E-state index in [-0.39, 0.29) is 0 Å². The highest BCUT2D eigenvalue weighted by molar-refractivity contribution is 6.30. The monoisotopic (exact) mass is 277 g/mol. The molecule has 0 saturated heterocycles. The Morgan fingerprint density at radius 3 is 2.63 bits per heavy atom. The number of nitrogens with zero attached hydrogens (tertiary/aromatic N) is 2. The Labute approximate surface area is 117 Å². The molecule has 0 saturated carbocycles. The molecular weight excluding hydrogens is 262 g/mol. The van der Waals surface area contributed by atoms with E-state index in [9.17, 15) is 0 Å². The van der Waals surface area contributed by atoms with Gasteiger partial charge in [0.05, 0.1) is 6.61 Å². The third kappa shape index (κ3) is 3.58. The lowest BCUT2D eigenvalue weighted by Gasteiger charge is -2.07. The maximum atomic E-state index is 5.93. The number of unbranched alkanes of at least 4 members (excludes halogenated alkanes) is 1.